The van der Waals surface area contributed by atoms with Gasteiger partial charge in [-0.1, -0.05) is 0 Å². The van der Waals surface area contributed by atoms with Crippen LogP contribution in [-0.2, 0) is 4.74 Å². The summed E-state index contributed by atoms with van der Waals surface area (Å²) in [6.07, 6.45) is 1.51. The number of rotatable bonds is 7. The third-order valence-electron chi connectivity index (χ3n) is 5.31. The molecule has 2 aromatic heterocycles. The molecule has 31 heavy (non-hydrogen) atoms. The van der Waals surface area contributed by atoms with E-state index in [9.17, 15) is 4.79 Å². The number of nitrogens with zero attached hydrogens (tertiary/aromatic N) is 7. The van der Waals surface area contributed by atoms with Crippen LogP contribution in [0.15, 0.2) is 24.5 Å². The SMILES string of the molecule is CN1CCN(c2cc(OCCNC(=O)c3ccc(N4CCOCC4)nn3)ncn2)CC1. The van der Waals surface area contributed by atoms with E-state index in [2.05, 4.69) is 47.2 Å². The lowest BCUT2D eigenvalue weighted by atomic mass is 10.3. The van der Waals surface area contributed by atoms with Crippen molar-refractivity contribution in [2.45, 2.75) is 0 Å². The Balaban J connectivity index is 1.21. The first kappa shape index (κ1) is 21.2. The highest BCUT2D eigenvalue weighted by Gasteiger charge is 2.16. The summed E-state index contributed by atoms with van der Waals surface area (Å²) in [6.45, 7) is 7.38. The quantitative estimate of drug-likeness (QED) is 0.589. The molecule has 0 spiro atoms. The number of amides is 1. The third kappa shape index (κ3) is 5.76. The first-order chi connectivity index (χ1) is 15.2. The Labute approximate surface area is 181 Å². The summed E-state index contributed by atoms with van der Waals surface area (Å²) >= 11 is 0. The molecule has 0 bridgehead atoms. The normalized spacial score (nSPS) is 17.5. The van der Waals surface area contributed by atoms with Crippen LogP contribution in [0.5, 0.6) is 5.88 Å². The van der Waals surface area contributed by atoms with Gasteiger partial charge < -0.3 is 29.5 Å². The fraction of sp³-hybridized carbons (Fsp3) is 0.550. The number of likely N-dealkylation sites (N-methyl/N-ethyl adjacent to an activating group) is 1. The standard InChI is InChI=1S/C20H28N8O3/c1-26-5-7-27(8-6-26)18-14-19(23-15-22-18)31-11-4-21-20(29)16-2-3-17(25-24-16)28-9-12-30-13-10-28/h2-3,14-15H,4-13H2,1H3,(H,21,29). The van der Waals surface area contributed by atoms with Gasteiger partial charge in [0.25, 0.3) is 5.91 Å². The first-order valence-electron chi connectivity index (χ1n) is 10.5. The van der Waals surface area contributed by atoms with Crippen molar-refractivity contribution in [2.24, 2.45) is 0 Å². The zero-order valence-electron chi connectivity index (χ0n) is 17.7. The van der Waals surface area contributed by atoms with E-state index < -0.39 is 0 Å². The highest BCUT2D eigenvalue weighted by atomic mass is 16.5. The fourth-order valence-corrected chi connectivity index (χ4v) is 3.44. The van der Waals surface area contributed by atoms with Crippen LogP contribution in [0.25, 0.3) is 0 Å². The average Bonchev–Trinajstić information content (AvgIpc) is 2.83. The van der Waals surface area contributed by atoms with Crippen LogP contribution in [0.2, 0.25) is 0 Å². The van der Waals surface area contributed by atoms with Crippen LogP contribution in [0.3, 0.4) is 0 Å². The number of hydrogen-bond donors (Lipinski definition) is 1. The molecule has 1 N–H and O–H groups in total. The van der Waals surface area contributed by atoms with E-state index in [1.807, 2.05) is 12.1 Å². The molecule has 2 aliphatic heterocycles. The maximum absolute atomic E-state index is 12.3. The molecule has 2 aliphatic rings. The Hall–Kier alpha value is -3.05. The fourth-order valence-electron chi connectivity index (χ4n) is 3.44. The molecular formula is C20H28N8O3. The van der Waals surface area contributed by atoms with E-state index in [1.165, 1.54) is 6.33 Å². The predicted octanol–water partition coefficient (Wildman–Crippen LogP) is -0.336. The highest BCUT2D eigenvalue weighted by molar-refractivity contribution is 5.92. The maximum atomic E-state index is 12.3. The van der Waals surface area contributed by atoms with Crippen LogP contribution in [0.4, 0.5) is 11.6 Å². The predicted molar refractivity (Wildman–Crippen MR) is 115 cm³/mol. The highest BCUT2D eigenvalue weighted by Crippen LogP contribution is 2.17. The van der Waals surface area contributed by atoms with E-state index in [1.54, 1.807) is 6.07 Å². The van der Waals surface area contributed by atoms with Gasteiger partial charge in [-0.15, -0.1) is 10.2 Å². The van der Waals surface area contributed by atoms with Crippen LogP contribution in [-0.4, -0.2) is 104 Å². The Bertz CT molecular complexity index is 852. The number of ether oxygens (including phenoxy) is 2. The molecular weight excluding hydrogens is 400 g/mol. The molecule has 4 rings (SSSR count). The minimum atomic E-state index is -0.287. The number of nitrogens with one attached hydrogen (secondary N) is 1. The summed E-state index contributed by atoms with van der Waals surface area (Å²) in [4.78, 5) is 27.4. The summed E-state index contributed by atoms with van der Waals surface area (Å²) in [6, 6.07) is 5.33. The molecule has 11 heteroatoms. The van der Waals surface area contributed by atoms with Gasteiger partial charge in [0.2, 0.25) is 5.88 Å². The summed E-state index contributed by atoms with van der Waals surface area (Å²) in [5, 5.41) is 11.0. The Morgan fingerprint density at radius 3 is 2.55 bits per heavy atom. The second-order valence-corrected chi connectivity index (χ2v) is 7.49. The average molecular weight is 428 g/mol. The van der Waals surface area contributed by atoms with Crippen molar-refractivity contribution in [3.8, 4) is 5.88 Å². The Morgan fingerprint density at radius 1 is 1.03 bits per heavy atom. The number of piperazine rings is 1. The molecule has 166 valence electrons. The smallest absolute Gasteiger partial charge is 0.271 e. The van der Waals surface area contributed by atoms with Gasteiger partial charge in [0.1, 0.15) is 18.8 Å². The maximum Gasteiger partial charge on any atom is 0.271 e. The molecule has 2 aromatic rings. The zero-order chi connectivity index (χ0) is 21.5. The second kappa shape index (κ2) is 10.3. The molecule has 2 saturated heterocycles. The summed E-state index contributed by atoms with van der Waals surface area (Å²) in [7, 11) is 2.12. The van der Waals surface area contributed by atoms with Gasteiger partial charge in [-0.05, 0) is 19.2 Å². The van der Waals surface area contributed by atoms with Crippen molar-refractivity contribution in [1.82, 2.24) is 30.4 Å². The Morgan fingerprint density at radius 2 is 1.81 bits per heavy atom. The van der Waals surface area contributed by atoms with Gasteiger partial charge in [-0.3, -0.25) is 4.79 Å². The van der Waals surface area contributed by atoms with E-state index >= 15 is 0 Å². The molecule has 0 aliphatic carbocycles. The molecule has 0 unspecified atom stereocenters. The van der Waals surface area contributed by atoms with Gasteiger partial charge in [-0.2, -0.15) is 0 Å². The lowest BCUT2D eigenvalue weighted by Crippen LogP contribution is -2.44. The van der Waals surface area contributed by atoms with Gasteiger partial charge >= 0.3 is 0 Å². The van der Waals surface area contributed by atoms with E-state index in [0.29, 0.717) is 32.2 Å². The molecule has 11 nitrogen and oxygen atoms in total. The van der Waals surface area contributed by atoms with Crippen LogP contribution >= 0.6 is 0 Å². The molecule has 0 radical (unpaired) electrons. The number of hydrogen-bond acceptors (Lipinski definition) is 10. The monoisotopic (exact) mass is 428 g/mol. The van der Waals surface area contributed by atoms with Gasteiger partial charge in [0.15, 0.2) is 11.5 Å². The minimum absolute atomic E-state index is 0.274. The molecule has 0 saturated carbocycles. The lowest BCUT2D eigenvalue weighted by molar-refractivity contribution is 0.0940. The Kier molecular flexibility index (Phi) is 7.05. The number of carbonyl (C=O) groups is 1. The lowest BCUT2D eigenvalue weighted by Gasteiger charge is -2.33. The first-order valence-corrected chi connectivity index (χ1v) is 10.5. The van der Waals surface area contributed by atoms with Gasteiger partial charge in [0.05, 0.1) is 19.8 Å². The minimum Gasteiger partial charge on any atom is -0.476 e. The van der Waals surface area contributed by atoms with Crippen molar-refractivity contribution >= 4 is 17.5 Å². The van der Waals surface area contributed by atoms with Gasteiger partial charge in [-0.25, -0.2) is 9.97 Å². The molecule has 0 atom stereocenters. The van der Waals surface area contributed by atoms with E-state index in [0.717, 1.165) is 50.9 Å². The summed E-state index contributed by atoms with van der Waals surface area (Å²) < 4.78 is 11.0. The number of aromatic nitrogens is 4. The summed E-state index contributed by atoms with van der Waals surface area (Å²) in [5.74, 6) is 1.82. The van der Waals surface area contributed by atoms with Gasteiger partial charge in [0, 0.05) is 45.3 Å². The molecule has 2 fully saturated rings. The van der Waals surface area contributed by atoms with Crippen molar-refractivity contribution in [2.75, 3.05) is 82.5 Å². The second-order valence-electron chi connectivity index (χ2n) is 7.49. The molecule has 0 aromatic carbocycles. The summed E-state index contributed by atoms with van der Waals surface area (Å²) in [5.41, 5.74) is 0.274. The van der Waals surface area contributed by atoms with E-state index in [-0.39, 0.29) is 11.6 Å². The molecule has 1 amide bonds. The van der Waals surface area contributed by atoms with Crippen LogP contribution in [0.1, 0.15) is 10.5 Å². The van der Waals surface area contributed by atoms with Crippen molar-refractivity contribution < 1.29 is 14.3 Å². The van der Waals surface area contributed by atoms with Crippen LogP contribution < -0.4 is 19.9 Å². The number of morpholine rings is 1. The topological polar surface area (TPSA) is 109 Å². The zero-order valence-corrected chi connectivity index (χ0v) is 17.7. The van der Waals surface area contributed by atoms with Crippen LogP contribution in [0, 0.1) is 0 Å². The third-order valence-corrected chi connectivity index (χ3v) is 5.31. The number of anilines is 2. The number of carbonyl (C=O) groups excluding carboxylic acids is 1. The van der Waals surface area contributed by atoms with Crippen molar-refractivity contribution in [3.05, 3.63) is 30.2 Å². The van der Waals surface area contributed by atoms with E-state index in [4.69, 9.17) is 9.47 Å². The largest absolute Gasteiger partial charge is 0.476 e. The van der Waals surface area contributed by atoms with Crippen molar-refractivity contribution in [3.63, 3.8) is 0 Å². The van der Waals surface area contributed by atoms with Crippen molar-refractivity contribution in [1.29, 1.82) is 0 Å². The molecule has 4 heterocycles.